The van der Waals surface area contributed by atoms with Crippen LogP contribution < -0.4 is 11.1 Å². The summed E-state index contributed by atoms with van der Waals surface area (Å²) in [6.45, 7) is 11.7. The van der Waals surface area contributed by atoms with Crippen molar-refractivity contribution in [3.63, 3.8) is 0 Å². The average Bonchev–Trinajstić information content (AvgIpc) is 2.71. The van der Waals surface area contributed by atoms with Gasteiger partial charge in [-0.1, -0.05) is 45.9 Å². The highest BCUT2D eigenvalue weighted by molar-refractivity contribution is 5.97. The molecule has 2 amide bonds. The van der Waals surface area contributed by atoms with Gasteiger partial charge in [0.15, 0.2) is 0 Å². The van der Waals surface area contributed by atoms with Gasteiger partial charge in [0, 0.05) is 24.4 Å². The molecule has 0 spiro atoms. The molecule has 3 N–H and O–H groups in total. The Hall–Kier alpha value is -3.48. The van der Waals surface area contributed by atoms with Gasteiger partial charge in [-0.2, -0.15) is 0 Å². The van der Waals surface area contributed by atoms with Gasteiger partial charge >= 0.3 is 6.09 Å². The molecule has 7 nitrogen and oxygen atoms in total. The minimum absolute atomic E-state index is 0.000722. The highest BCUT2D eigenvalue weighted by Gasteiger charge is 2.18. The smallest absolute Gasteiger partial charge is 0.405 e. The number of nitrogens with zero attached hydrogens (tertiary/aromatic N) is 2. The number of amides is 2. The predicted molar refractivity (Wildman–Crippen MR) is 122 cm³/mol. The summed E-state index contributed by atoms with van der Waals surface area (Å²) >= 11 is 0. The van der Waals surface area contributed by atoms with Crippen molar-refractivity contribution in [2.75, 3.05) is 5.32 Å². The van der Waals surface area contributed by atoms with Gasteiger partial charge in [-0.05, 0) is 29.2 Å². The first-order valence-corrected chi connectivity index (χ1v) is 10.1. The fraction of sp³-hybridized carbons (Fsp3) is 0.333. The number of pyridine rings is 2. The highest BCUT2D eigenvalue weighted by atomic mass is 16.6. The van der Waals surface area contributed by atoms with Crippen LogP contribution in [0.1, 0.15) is 45.9 Å². The normalized spacial score (nSPS) is 13.4. The van der Waals surface area contributed by atoms with Crippen molar-refractivity contribution in [3.05, 3.63) is 67.3 Å². The molecule has 2 rings (SSSR count). The molecule has 2 heterocycles. The summed E-state index contributed by atoms with van der Waals surface area (Å²) in [7, 11) is 0. The third kappa shape index (κ3) is 7.37. The first-order chi connectivity index (χ1) is 14.6. The summed E-state index contributed by atoms with van der Waals surface area (Å²) in [4.78, 5) is 32.3. The number of hydrogen-bond donors (Lipinski definition) is 2. The molecule has 2 atom stereocenters. The number of ether oxygens (including phenoxy) is 1. The molecule has 0 saturated carbocycles. The van der Waals surface area contributed by atoms with Crippen LogP contribution in [0.3, 0.4) is 0 Å². The van der Waals surface area contributed by atoms with E-state index in [2.05, 4.69) is 42.6 Å². The number of carbonyl (C=O) groups excluding carboxylic acids is 2. The van der Waals surface area contributed by atoms with E-state index in [0.717, 1.165) is 11.1 Å². The van der Waals surface area contributed by atoms with E-state index in [1.54, 1.807) is 37.7 Å². The van der Waals surface area contributed by atoms with Crippen LogP contribution in [0.4, 0.5) is 10.5 Å². The maximum Gasteiger partial charge on any atom is 0.405 e. The molecule has 0 aliphatic carbocycles. The lowest BCUT2D eigenvalue weighted by Crippen LogP contribution is -2.19. The monoisotopic (exact) mass is 422 g/mol. The molecule has 2 aromatic heterocycles. The SMILES string of the molecule is C=C[C@@H](C)C(=O)Nc1cnccc1-c1ccnc([C@H](CC=CC(C)(C)C)OC(N)=O)c1. The first-order valence-electron chi connectivity index (χ1n) is 10.1. The molecule has 0 aliphatic rings. The second-order valence-corrected chi connectivity index (χ2v) is 8.33. The van der Waals surface area contributed by atoms with Crippen molar-refractivity contribution >= 4 is 17.7 Å². The molecule has 0 saturated heterocycles. The van der Waals surface area contributed by atoms with Crippen LogP contribution in [0.15, 0.2) is 61.6 Å². The van der Waals surface area contributed by atoms with E-state index in [1.165, 1.54) is 0 Å². The van der Waals surface area contributed by atoms with Gasteiger partial charge in [0.1, 0.15) is 6.10 Å². The maximum absolute atomic E-state index is 12.3. The topological polar surface area (TPSA) is 107 Å². The van der Waals surface area contributed by atoms with Gasteiger partial charge < -0.3 is 15.8 Å². The van der Waals surface area contributed by atoms with Gasteiger partial charge in [0.05, 0.1) is 23.5 Å². The summed E-state index contributed by atoms with van der Waals surface area (Å²) in [5, 5.41) is 2.88. The van der Waals surface area contributed by atoms with Crippen LogP contribution in [-0.2, 0) is 9.53 Å². The number of primary amides is 1. The Morgan fingerprint density at radius 3 is 2.68 bits per heavy atom. The van der Waals surface area contributed by atoms with Crippen LogP contribution >= 0.6 is 0 Å². The van der Waals surface area contributed by atoms with E-state index in [4.69, 9.17) is 10.5 Å². The molecule has 0 aliphatic heterocycles. The Kier molecular flexibility index (Phi) is 8.07. The Balaban J connectivity index is 2.37. The van der Waals surface area contributed by atoms with Crippen molar-refractivity contribution in [3.8, 4) is 11.1 Å². The summed E-state index contributed by atoms with van der Waals surface area (Å²) < 4.78 is 5.31. The molecular weight excluding hydrogens is 392 g/mol. The molecule has 0 radical (unpaired) electrons. The largest absolute Gasteiger partial charge is 0.440 e. The van der Waals surface area contributed by atoms with Crippen molar-refractivity contribution in [1.29, 1.82) is 0 Å². The van der Waals surface area contributed by atoms with Gasteiger partial charge in [-0.25, -0.2) is 4.79 Å². The van der Waals surface area contributed by atoms with Gasteiger partial charge in [-0.15, -0.1) is 6.58 Å². The van der Waals surface area contributed by atoms with Crippen LogP contribution in [0.25, 0.3) is 11.1 Å². The summed E-state index contributed by atoms with van der Waals surface area (Å²) in [6, 6.07) is 5.44. The Morgan fingerprint density at radius 2 is 2.03 bits per heavy atom. The van der Waals surface area contributed by atoms with Crippen LogP contribution in [0.5, 0.6) is 0 Å². The average molecular weight is 423 g/mol. The molecule has 7 heteroatoms. The number of anilines is 1. The Morgan fingerprint density at radius 1 is 1.29 bits per heavy atom. The third-order valence-electron chi connectivity index (χ3n) is 4.49. The molecule has 0 bridgehead atoms. The van der Waals surface area contributed by atoms with E-state index in [0.29, 0.717) is 17.8 Å². The van der Waals surface area contributed by atoms with E-state index in [9.17, 15) is 9.59 Å². The van der Waals surface area contributed by atoms with Crippen LogP contribution in [0.2, 0.25) is 0 Å². The zero-order valence-corrected chi connectivity index (χ0v) is 18.5. The van der Waals surface area contributed by atoms with E-state index >= 15 is 0 Å². The molecular formula is C24H30N4O3. The molecule has 164 valence electrons. The molecule has 31 heavy (non-hydrogen) atoms. The Bertz CT molecular complexity index is 963. The molecule has 0 unspecified atom stereocenters. The summed E-state index contributed by atoms with van der Waals surface area (Å²) in [5.74, 6) is -0.523. The van der Waals surface area contributed by atoms with E-state index in [-0.39, 0.29) is 17.2 Å². The van der Waals surface area contributed by atoms with E-state index in [1.807, 2.05) is 24.3 Å². The third-order valence-corrected chi connectivity index (χ3v) is 4.49. The number of aromatic nitrogens is 2. The lowest BCUT2D eigenvalue weighted by molar-refractivity contribution is -0.118. The molecule has 2 aromatic rings. The number of carbonyl (C=O) groups is 2. The molecule has 0 fully saturated rings. The van der Waals surface area contributed by atoms with Gasteiger partial charge in [-0.3, -0.25) is 14.8 Å². The van der Waals surface area contributed by atoms with Crippen molar-refractivity contribution in [2.45, 2.75) is 40.2 Å². The van der Waals surface area contributed by atoms with Crippen molar-refractivity contribution in [2.24, 2.45) is 17.1 Å². The summed E-state index contributed by atoms with van der Waals surface area (Å²) in [5.41, 5.74) is 7.97. The maximum atomic E-state index is 12.3. The van der Waals surface area contributed by atoms with Crippen molar-refractivity contribution < 1.29 is 14.3 Å². The second kappa shape index (κ2) is 10.5. The zero-order valence-electron chi connectivity index (χ0n) is 18.5. The van der Waals surface area contributed by atoms with Crippen molar-refractivity contribution in [1.82, 2.24) is 9.97 Å². The zero-order chi connectivity index (χ0) is 23.0. The van der Waals surface area contributed by atoms with Crippen LogP contribution in [-0.4, -0.2) is 22.0 Å². The minimum Gasteiger partial charge on any atom is -0.440 e. The number of rotatable bonds is 8. The number of allylic oxidation sites excluding steroid dienone is 1. The number of nitrogens with one attached hydrogen (secondary N) is 1. The lowest BCUT2D eigenvalue weighted by atomic mass is 9.95. The Labute approximate surface area is 183 Å². The van der Waals surface area contributed by atoms with Gasteiger partial charge in [0.25, 0.3) is 0 Å². The highest BCUT2D eigenvalue weighted by Crippen LogP contribution is 2.30. The quantitative estimate of drug-likeness (QED) is 0.580. The predicted octanol–water partition coefficient (Wildman–Crippen LogP) is 5.03. The van der Waals surface area contributed by atoms with Gasteiger partial charge in [0.2, 0.25) is 5.91 Å². The molecule has 0 aromatic carbocycles. The standard InChI is InChI=1S/C24H30N4O3/c1-6-16(2)22(29)28-20-15-26-12-10-18(20)17-9-13-27-19(14-17)21(31-23(25)30)8-7-11-24(3,4)5/h6-7,9-16,21H,1,8H2,2-5H3,(H2,25,30)(H,28,29)/t16-,21+/m1/s1. The minimum atomic E-state index is -0.864. The second-order valence-electron chi connectivity index (χ2n) is 8.33. The first kappa shape index (κ1) is 23.8. The number of hydrogen-bond acceptors (Lipinski definition) is 5. The van der Waals surface area contributed by atoms with E-state index < -0.39 is 12.2 Å². The summed E-state index contributed by atoms with van der Waals surface area (Å²) in [6.07, 6.45) is 9.39. The van der Waals surface area contributed by atoms with Crippen LogP contribution in [0, 0.1) is 11.3 Å². The number of nitrogens with two attached hydrogens (primary N) is 1. The lowest BCUT2D eigenvalue weighted by Gasteiger charge is -2.17. The fourth-order valence-corrected chi connectivity index (χ4v) is 2.81. The fourth-order valence-electron chi connectivity index (χ4n) is 2.81.